The minimum atomic E-state index is 0.669. The summed E-state index contributed by atoms with van der Waals surface area (Å²) in [5, 5.41) is 0. The molecule has 2 heterocycles. The molecule has 0 aliphatic carbocycles. The van der Waals surface area contributed by atoms with Crippen molar-refractivity contribution >= 4 is 0 Å². The Morgan fingerprint density at radius 2 is 2.06 bits per heavy atom. The molecule has 2 rings (SSSR count). The van der Waals surface area contributed by atoms with Crippen molar-refractivity contribution < 1.29 is 4.74 Å². The van der Waals surface area contributed by atoms with Gasteiger partial charge >= 0.3 is 0 Å². The molecular formula is C12H25N3O. The first-order valence-electron chi connectivity index (χ1n) is 6.48. The van der Waals surface area contributed by atoms with Crippen LogP contribution in [-0.4, -0.2) is 69.3 Å². The molecule has 0 amide bonds. The molecule has 4 nitrogen and oxygen atoms in total. The molecule has 2 unspecified atom stereocenters. The van der Waals surface area contributed by atoms with Gasteiger partial charge in [0.15, 0.2) is 0 Å². The van der Waals surface area contributed by atoms with E-state index in [4.69, 9.17) is 10.5 Å². The van der Waals surface area contributed by atoms with Crippen molar-refractivity contribution in [2.45, 2.75) is 6.42 Å². The van der Waals surface area contributed by atoms with Crippen LogP contribution in [0.15, 0.2) is 0 Å². The molecule has 0 aromatic heterocycles. The number of hydrogen-bond donors (Lipinski definition) is 1. The van der Waals surface area contributed by atoms with Gasteiger partial charge < -0.3 is 15.4 Å². The lowest BCUT2D eigenvalue weighted by Crippen LogP contribution is -2.43. The number of ether oxygens (including phenoxy) is 1. The minimum Gasteiger partial charge on any atom is -0.379 e. The lowest BCUT2D eigenvalue weighted by Gasteiger charge is -2.32. The molecule has 0 aromatic rings. The predicted molar refractivity (Wildman–Crippen MR) is 65.4 cm³/mol. The summed E-state index contributed by atoms with van der Waals surface area (Å²) in [5.41, 5.74) is 5.94. The van der Waals surface area contributed by atoms with E-state index >= 15 is 0 Å². The molecule has 2 fully saturated rings. The van der Waals surface area contributed by atoms with E-state index in [0.717, 1.165) is 38.8 Å². The van der Waals surface area contributed by atoms with Crippen LogP contribution in [0.1, 0.15) is 6.42 Å². The van der Waals surface area contributed by atoms with Gasteiger partial charge in [-0.1, -0.05) is 0 Å². The van der Waals surface area contributed by atoms with E-state index < -0.39 is 0 Å². The lowest BCUT2D eigenvalue weighted by atomic mass is 9.91. The van der Waals surface area contributed by atoms with E-state index in [9.17, 15) is 0 Å². The second-order valence-electron chi connectivity index (χ2n) is 5.22. The van der Waals surface area contributed by atoms with E-state index in [1.165, 1.54) is 26.1 Å². The minimum absolute atomic E-state index is 0.669. The third kappa shape index (κ3) is 3.17. The van der Waals surface area contributed by atoms with Gasteiger partial charge in [-0.15, -0.1) is 0 Å². The fourth-order valence-corrected chi connectivity index (χ4v) is 2.89. The van der Waals surface area contributed by atoms with Crippen LogP contribution in [0.2, 0.25) is 0 Å². The summed E-state index contributed by atoms with van der Waals surface area (Å²) in [6, 6.07) is 0. The molecule has 2 aliphatic rings. The van der Waals surface area contributed by atoms with Crippen molar-refractivity contribution in [2.24, 2.45) is 17.6 Å². The molecule has 0 aromatic carbocycles. The summed E-state index contributed by atoms with van der Waals surface area (Å²) in [4.78, 5) is 4.94. The molecule has 2 N–H and O–H groups in total. The van der Waals surface area contributed by atoms with Crippen molar-refractivity contribution in [1.82, 2.24) is 9.80 Å². The number of hydrogen-bond acceptors (Lipinski definition) is 4. The summed E-state index contributed by atoms with van der Waals surface area (Å²) in [5.74, 6) is 1.47. The summed E-state index contributed by atoms with van der Waals surface area (Å²) in [6.45, 7) is 8.41. The zero-order valence-corrected chi connectivity index (χ0v) is 10.4. The maximum absolute atomic E-state index is 5.94. The Hall–Kier alpha value is -0.160. The summed E-state index contributed by atoms with van der Waals surface area (Å²) < 4.78 is 5.38. The summed E-state index contributed by atoms with van der Waals surface area (Å²) >= 11 is 0. The molecular weight excluding hydrogens is 202 g/mol. The Bertz CT molecular complexity index is 206. The summed E-state index contributed by atoms with van der Waals surface area (Å²) in [7, 11) is 2.21. The van der Waals surface area contributed by atoms with Crippen molar-refractivity contribution in [3.05, 3.63) is 0 Å². The van der Waals surface area contributed by atoms with Gasteiger partial charge in [-0.3, -0.25) is 4.90 Å². The van der Waals surface area contributed by atoms with E-state index in [0.29, 0.717) is 5.92 Å². The molecule has 94 valence electrons. The molecule has 0 radical (unpaired) electrons. The maximum Gasteiger partial charge on any atom is 0.0594 e. The monoisotopic (exact) mass is 227 g/mol. The Balaban J connectivity index is 1.80. The largest absolute Gasteiger partial charge is 0.379 e. The maximum atomic E-state index is 5.94. The average Bonchev–Trinajstić information content (AvgIpc) is 2.74. The van der Waals surface area contributed by atoms with Crippen LogP contribution in [0.4, 0.5) is 0 Å². The molecule has 2 aliphatic heterocycles. The van der Waals surface area contributed by atoms with E-state index in [2.05, 4.69) is 16.8 Å². The van der Waals surface area contributed by atoms with Gasteiger partial charge in [0.05, 0.1) is 13.2 Å². The molecule has 0 saturated carbocycles. The Morgan fingerprint density at radius 3 is 2.62 bits per heavy atom. The highest BCUT2D eigenvalue weighted by Gasteiger charge is 2.28. The molecule has 2 saturated heterocycles. The second kappa shape index (κ2) is 5.96. The van der Waals surface area contributed by atoms with Crippen LogP contribution in [0.3, 0.4) is 0 Å². The predicted octanol–water partition coefficient (Wildman–Crippen LogP) is -0.155. The Kier molecular flexibility index (Phi) is 4.58. The van der Waals surface area contributed by atoms with Crippen molar-refractivity contribution in [3.63, 3.8) is 0 Å². The fourth-order valence-electron chi connectivity index (χ4n) is 2.89. The SMILES string of the molecule is CN1CCC(C(CN)CN2CCOCC2)C1. The molecule has 2 atom stereocenters. The smallest absolute Gasteiger partial charge is 0.0594 e. The number of nitrogens with two attached hydrogens (primary N) is 1. The van der Waals surface area contributed by atoms with Gasteiger partial charge in [0.25, 0.3) is 0 Å². The van der Waals surface area contributed by atoms with Gasteiger partial charge in [0.1, 0.15) is 0 Å². The first-order chi connectivity index (χ1) is 7.79. The van der Waals surface area contributed by atoms with Crippen LogP contribution >= 0.6 is 0 Å². The van der Waals surface area contributed by atoms with Crippen LogP contribution in [0.5, 0.6) is 0 Å². The number of rotatable bonds is 4. The lowest BCUT2D eigenvalue weighted by molar-refractivity contribution is 0.0269. The third-order valence-corrected chi connectivity index (χ3v) is 3.99. The van der Waals surface area contributed by atoms with Crippen molar-refractivity contribution in [3.8, 4) is 0 Å². The first kappa shape index (κ1) is 12.3. The standard InChI is InChI=1S/C12H25N3O/c1-14-3-2-11(9-14)12(8-13)10-15-4-6-16-7-5-15/h11-12H,2-10,13H2,1H3. The number of morpholine rings is 1. The number of nitrogens with zero attached hydrogens (tertiary/aromatic N) is 2. The van der Waals surface area contributed by atoms with Gasteiger partial charge in [-0.2, -0.15) is 0 Å². The average molecular weight is 227 g/mol. The molecule has 0 bridgehead atoms. The zero-order valence-electron chi connectivity index (χ0n) is 10.4. The van der Waals surface area contributed by atoms with Gasteiger partial charge in [-0.05, 0) is 38.4 Å². The Morgan fingerprint density at radius 1 is 1.31 bits per heavy atom. The molecule has 16 heavy (non-hydrogen) atoms. The highest BCUT2D eigenvalue weighted by atomic mass is 16.5. The summed E-state index contributed by atoms with van der Waals surface area (Å²) in [6.07, 6.45) is 1.32. The highest BCUT2D eigenvalue weighted by molar-refractivity contribution is 4.82. The first-order valence-corrected chi connectivity index (χ1v) is 6.48. The molecule has 0 spiro atoms. The van der Waals surface area contributed by atoms with Crippen molar-refractivity contribution in [2.75, 3.05) is 59.5 Å². The van der Waals surface area contributed by atoms with Gasteiger partial charge in [-0.25, -0.2) is 0 Å². The fraction of sp³-hybridized carbons (Fsp3) is 1.00. The molecule has 4 heteroatoms. The third-order valence-electron chi connectivity index (χ3n) is 3.99. The van der Waals surface area contributed by atoms with Crippen LogP contribution < -0.4 is 5.73 Å². The quantitative estimate of drug-likeness (QED) is 0.725. The van der Waals surface area contributed by atoms with E-state index in [1.54, 1.807) is 0 Å². The van der Waals surface area contributed by atoms with E-state index in [-0.39, 0.29) is 0 Å². The highest BCUT2D eigenvalue weighted by Crippen LogP contribution is 2.23. The van der Waals surface area contributed by atoms with Crippen molar-refractivity contribution in [1.29, 1.82) is 0 Å². The van der Waals surface area contributed by atoms with Crippen LogP contribution in [0, 0.1) is 11.8 Å². The number of likely N-dealkylation sites (tertiary alicyclic amines) is 1. The second-order valence-corrected chi connectivity index (χ2v) is 5.22. The van der Waals surface area contributed by atoms with E-state index in [1.807, 2.05) is 0 Å². The topological polar surface area (TPSA) is 41.7 Å². The van der Waals surface area contributed by atoms with Gasteiger partial charge in [0, 0.05) is 26.2 Å². The zero-order chi connectivity index (χ0) is 11.4. The Labute approximate surface area is 98.7 Å². The van der Waals surface area contributed by atoms with Gasteiger partial charge in [0.2, 0.25) is 0 Å². The normalized spacial score (nSPS) is 30.8. The van der Waals surface area contributed by atoms with Crippen LogP contribution in [0.25, 0.3) is 0 Å². The van der Waals surface area contributed by atoms with Crippen LogP contribution in [-0.2, 0) is 4.74 Å².